The van der Waals surface area contributed by atoms with Gasteiger partial charge in [0.2, 0.25) is 0 Å². The van der Waals surface area contributed by atoms with Crippen LogP contribution in [0.15, 0.2) is 72.8 Å². The second kappa shape index (κ2) is 9.64. The second-order valence-electron chi connectivity index (χ2n) is 6.27. The number of methoxy groups -OCH3 is 2. The zero-order chi connectivity index (χ0) is 18.9. The third-order valence-electron chi connectivity index (χ3n) is 4.41. The van der Waals surface area contributed by atoms with Crippen molar-refractivity contribution in [3.8, 4) is 17.2 Å². The van der Waals surface area contributed by atoms with Gasteiger partial charge in [0.1, 0.15) is 25.4 Å². The molecule has 0 amide bonds. The van der Waals surface area contributed by atoms with Gasteiger partial charge in [0.05, 0.1) is 19.8 Å². The van der Waals surface area contributed by atoms with E-state index in [1.807, 2.05) is 42.5 Å². The summed E-state index contributed by atoms with van der Waals surface area (Å²) in [5.74, 6) is 2.46. The maximum absolute atomic E-state index is 6.12. The molecule has 0 heterocycles. The highest BCUT2D eigenvalue weighted by molar-refractivity contribution is 5.46. The Labute approximate surface area is 160 Å². The average molecular weight is 364 g/mol. The maximum atomic E-state index is 6.12. The Morgan fingerprint density at radius 2 is 1.48 bits per heavy atom. The molecular formula is C23H26NO3+. The molecule has 0 atom stereocenters. The summed E-state index contributed by atoms with van der Waals surface area (Å²) in [5.41, 5.74) is 3.51. The summed E-state index contributed by atoms with van der Waals surface area (Å²) in [6.45, 7) is 2.22. The highest BCUT2D eigenvalue weighted by Crippen LogP contribution is 2.31. The highest BCUT2D eigenvalue weighted by Gasteiger charge is 2.12. The zero-order valence-electron chi connectivity index (χ0n) is 15.9. The first-order chi connectivity index (χ1) is 13.3. The Bertz CT molecular complexity index is 832. The minimum absolute atomic E-state index is 0.521. The van der Waals surface area contributed by atoms with Gasteiger partial charge >= 0.3 is 0 Å². The number of rotatable bonds is 9. The van der Waals surface area contributed by atoms with E-state index in [0.29, 0.717) is 6.61 Å². The second-order valence-corrected chi connectivity index (χ2v) is 6.27. The van der Waals surface area contributed by atoms with Crippen molar-refractivity contribution in [2.24, 2.45) is 0 Å². The molecule has 0 bridgehead atoms. The maximum Gasteiger partial charge on any atom is 0.170 e. The molecule has 3 aromatic rings. The van der Waals surface area contributed by atoms with Crippen LogP contribution in [0.2, 0.25) is 0 Å². The van der Waals surface area contributed by atoms with Crippen LogP contribution in [0.4, 0.5) is 0 Å². The lowest BCUT2D eigenvalue weighted by Gasteiger charge is -2.14. The van der Waals surface area contributed by atoms with Crippen LogP contribution >= 0.6 is 0 Å². The van der Waals surface area contributed by atoms with Crippen LogP contribution in [0, 0.1) is 0 Å². The number of quaternary nitrogens is 1. The third-order valence-corrected chi connectivity index (χ3v) is 4.41. The Morgan fingerprint density at radius 1 is 0.704 bits per heavy atom. The minimum Gasteiger partial charge on any atom is -0.497 e. The summed E-state index contributed by atoms with van der Waals surface area (Å²) in [7, 11) is 3.36. The van der Waals surface area contributed by atoms with Gasteiger partial charge < -0.3 is 19.5 Å². The Kier molecular flexibility index (Phi) is 6.72. The van der Waals surface area contributed by atoms with E-state index >= 15 is 0 Å². The van der Waals surface area contributed by atoms with Crippen LogP contribution in [-0.2, 0) is 19.7 Å². The van der Waals surface area contributed by atoms with E-state index in [-0.39, 0.29) is 0 Å². The molecule has 0 saturated carbocycles. The highest BCUT2D eigenvalue weighted by atomic mass is 16.5. The van der Waals surface area contributed by atoms with E-state index in [0.717, 1.165) is 41.5 Å². The average Bonchev–Trinajstić information content (AvgIpc) is 2.73. The molecule has 0 aromatic heterocycles. The summed E-state index contributed by atoms with van der Waals surface area (Å²) >= 11 is 0. The first-order valence-corrected chi connectivity index (χ1v) is 9.07. The van der Waals surface area contributed by atoms with E-state index in [1.54, 1.807) is 14.2 Å². The number of hydrogen-bond acceptors (Lipinski definition) is 3. The molecule has 0 aliphatic rings. The van der Waals surface area contributed by atoms with Crippen molar-refractivity contribution in [1.29, 1.82) is 0 Å². The van der Waals surface area contributed by atoms with Gasteiger partial charge in [0.25, 0.3) is 0 Å². The number of ether oxygens (including phenoxy) is 3. The van der Waals surface area contributed by atoms with Crippen LogP contribution in [0.25, 0.3) is 0 Å². The monoisotopic (exact) mass is 364 g/mol. The smallest absolute Gasteiger partial charge is 0.170 e. The molecule has 0 saturated heterocycles. The van der Waals surface area contributed by atoms with Gasteiger partial charge in [-0.3, -0.25) is 0 Å². The summed E-state index contributed by atoms with van der Waals surface area (Å²) < 4.78 is 16.8. The van der Waals surface area contributed by atoms with Gasteiger partial charge in [-0.05, 0) is 42.0 Å². The molecule has 0 unspecified atom stereocenters. The summed E-state index contributed by atoms with van der Waals surface area (Å²) in [6.07, 6.45) is 0. The topological polar surface area (TPSA) is 44.3 Å². The van der Waals surface area contributed by atoms with Gasteiger partial charge in [-0.1, -0.05) is 36.4 Å². The number of benzene rings is 3. The van der Waals surface area contributed by atoms with Crippen molar-refractivity contribution < 1.29 is 19.5 Å². The molecule has 2 N–H and O–H groups in total. The largest absolute Gasteiger partial charge is 0.497 e. The molecule has 0 radical (unpaired) electrons. The lowest BCUT2D eigenvalue weighted by atomic mass is 10.1. The molecule has 4 heteroatoms. The molecular weight excluding hydrogens is 338 g/mol. The van der Waals surface area contributed by atoms with Crippen molar-refractivity contribution >= 4 is 0 Å². The third kappa shape index (κ3) is 5.25. The van der Waals surface area contributed by atoms with Crippen molar-refractivity contribution in [1.82, 2.24) is 0 Å². The summed E-state index contributed by atoms with van der Waals surface area (Å²) in [6, 6.07) is 24.4. The fourth-order valence-corrected chi connectivity index (χ4v) is 2.93. The van der Waals surface area contributed by atoms with Crippen LogP contribution in [0.5, 0.6) is 17.2 Å². The molecule has 0 spiro atoms. The van der Waals surface area contributed by atoms with E-state index in [1.165, 1.54) is 5.56 Å². The molecule has 4 nitrogen and oxygen atoms in total. The SMILES string of the molecule is COc1ccc(C[NH2+]Cc2cccc(OC)c2OCc2ccccc2)cc1. The van der Waals surface area contributed by atoms with E-state index < -0.39 is 0 Å². The van der Waals surface area contributed by atoms with Crippen molar-refractivity contribution in [2.45, 2.75) is 19.7 Å². The molecule has 140 valence electrons. The van der Waals surface area contributed by atoms with Gasteiger partial charge in [-0.2, -0.15) is 0 Å². The molecule has 0 aliphatic heterocycles. The lowest BCUT2D eigenvalue weighted by Crippen LogP contribution is -2.80. The van der Waals surface area contributed by atoms with Crippen LogP contribution in [-0.4, -0.2) is 14.2 Å². The van der Waals surface area contributed by atoms with Crippen molar-refractivity contribution in [2.75, 3.05) is 14.2 Å². The zero-order valence-corrected chi connectivity index (χ0v) is 15.9. The molecule has 27 heavy (non-hydrogen) atoms. The number of para-hydroxylation sites is 1. The van der Waals surface area contributed by atoms with E-state index in [4.69, 9.17) is 14.2 Å². The summed E-state index contributed by atoms with van der Waals surface area (Å²) in [4.78, 5) is 0. The first kappa shape index (κ1) is 18.8. The van der Waals surface area contributed by atoms with Gasteiger partial charge in [-0.15, -0.1) is 0 Å². The van der Waals surface area contributed by atoms with Crippen molar-refractivity contribution in [3.63, 3.8) is 0 Å². The predicted octanol–water partition coefficient (Wildman–Crippen LogP) is 3.55. The number of hydrogen-bond donors (Lipinski definition) is 1. The Hall–Kier alpha value is -2.98. The Morgan fingerprint density at radius 3 is 2.19 bits per heavy atom. The first-order valence-electron chi connectivity index (χ1n) is 9.07. The number of nitrogens with two attached hydrogens (primary N) is 1. The standard InChI is InChI=1S/C23H25NO3/c1-25-21-13-11-18(12-14-21)15-24-16-20-9-6-10-22(26-2)23(20)27-17-19-7-4-3-5-8-19/h3-14,24H,15-17H2,1-2H3/p+1. The molecule has 3 rings (SSSR count). The Balaban J connectivity index is 1.64. The fourth-order valence-electron chi connectivity index (χ4n) is 2.93. The van der Waals surface area contributed by atoms with Crippen LogP contribution < -0.4 is 19.5 Å². The van der Waals surface area contributed by atoms with Crippen LogP contribution in [0.3, 0.4) is 0 Å². The lowest BCUT2D eigenvalue weighted by molar-refractivity contribution is -0.686. The van der Waals surface area contributed by atoms with Gasteiger partial charge in [-0.25, -0.2) is 0 Å². The molecule has 3 aromatic carbocycles. The quantitative estimate of drug-likeness (QED) is 0.632. The molecule has 0 aliphatic carbocycles. The molecule has 0 fully saturated rings. The van der Waals surface area contributed by atoms with Gasteiger partial charge in [0, 0.05) is 5.56 Å². The van der Waals surface area contributed by atoms with Crippen LogP contribution in [0.1, 0.15) is 16.7 Å². The fraction of sp³-hybridized carbons (Fsp3) is 0.217. The van der Waals surface area contributed by atoms with Crippen molar-refractivity contribution in [3.05, 3.63) is 89.5 Å². The van der Waals surface area contributed by atoms with E-state index in [2.05, 4.69) is 35.6 Å². The minimum atomic E-state index is 0.521. The summed E-state index contributed by atoms with van der Waals surface area (Å²) in [5, 5.41) is 2.26. The van der Waals surface area contributed by atoms with E-state index in [9.17, 15) is 0 Å². The predicted molar refractivity (Wildman–Crippen MR) is 106 cm³/mol. The van der Waals surface area contributed by atoms with Gasteiger partial charge in [0.15, 0.2) is 11.5 Å². The normalized spacial score (nSPS) is 10.4.